The maximum atomic E-state index is 11.5. The molecule has 1 aromatic rings. The first kappa shape index (κ1) is 11.9. The van der Waals surface area contributed by atoms with E-state index in [-0.39, 0.29) is 23.9 Å². The zero-order valence-corrected chi connectivity index (χ0v) is 9.78. The van der Waals surface area contributed by atoms with E-state index >= 15 is 0 Å². The number of carbonyl (C=O) groups is 2. The molecule has 0 atom stereocenters. The van der Waals surface area contributed by atoms with Crippen LogP contribution in [-0.4, -0.2) is 39.3 Å². The number of rotatable bonds is 2. The van der Waals surface area contributed by atoms with Crippen molar-refractivity contribution in [1.29, 1.82) is 0 Å². The lowest BCUT2D eigenvalue weighted by Gasteiger charge is -2.28. The van der Waals surface area contributed by atoms with E-state index in [1.807, 2.05) is 0 Å². The Morgan fingerprint density at radius 3 is 2.94 bits per heavy atom. The van der Waals surface area contributed by atoms with Crippen LogP contribution in [0.1, 0.15) is 21.6 Å². The molecule has 1 N–H and O–H groups in total. The Balaban J connectivity index is 2.35. The lowest BCUT2D eigenvalue weighted by atomic mass is 10.0. The lowest BCUT2D eigenvalue weighted by molar-refractivity contribution is -0.129. The number of pyridine rings is 1. The number of halogens is 1. The van der Waals surface area contributed by atoms with Gasteiger partial charge in [0.15, 0.2) is 0 Å². The van der Waals surface area contributed by atoms with Crippen LogP contribution >= 0.6 is 11.6 Å². The highest BCUT2D eigenvalue weighted by atomic mass is 35.5. The number of nitrogens with zero attached hydrogens (tertiary/aromatic N) is 2. The smallest absolute Gasteiger partial charge is 0.336 e. The molecule has 6 heteroatoms. The van der Waals surface area contributed by atoms with E-state index in [4.69, 9.17) is 16.7 Å². The Bertz CT molecular complexity index is 476. The Labute approximate surface area is 103 Å². The van der Waals surface area contributed by atoms with Crippen LogP contribution in [0.3, 0.4) is 0 Å². The number of hydrogen-bond acceptors (Lipinski definition) is 3. The average Bonchev–Trinajstić information content (AvgIpc) is 2.36. The van der Waals surface area contributed by atoms with Crippen molar-refractivity contribution in [3.05, 3.63) is 29.1 Å². The third kappa shape index (κ3) is 2.24. The van der Waals surface area contributed by atoms with E-state index in [2.05, 4.69) is 4.98 Å². The van der Waals surface area contributed by atoms with Crippen LogP contribution in [0.25, 0.3) is 0 Å². The van der Waals surface area contributed by atoms with Crippen molar-refractivity contribution in [2.75, 3.05) is 12.4 Å². The molecule has 2 rings (SSSR count). The normalized spacial score (nSPS) is 14.3. The van der Waals surface area contributed by atoms with E-state index in [1.165, 1.54) is 12.3 Å². The maximum Gasteiger partial charge on any atom is 0.336 e. The van der Waals surface area contributed by atoms with Gasteiger partial charge in [0, 0.05) is 37.0 Å². The summed E-state index contributed by atoms with van der Waals surface area (Å²) >= 11 is 5.49. The predicted molar refractivity (Wildman–Crippen MR) is 61.0 cm³/mol. The highest BCUT2D eigenvalue weighted by Gasteiger charge is 2.24. The van der Waals surface area contributed by atoms with E-state index < -0.39 is 5.97 Å². The van der Waals surface area contributed by atoms with Gasteiger partial charge in [-0.25, -0.2) is 4.79 Å². The summed E-state index contributed by atoms with van der Waals surface area (Å²) in [7, 11) is 0. The fraction of sp³-hybridized carbons (Fsp3) is 0.364. The summed E-state index contributed by atoms with van der Waals surface area (Å²) in [5.74, 6) is -1.26. The molecule has 0 bridgehead atoms. The number of aromatic carboxylic acids is 1. The van der Waals surface area contributed by atoms with Crippen molar-refractivity contribution in [1.82, 2.24) is 9.88 Å². The van der Waals surface area contributed by atoms with Gasteiger partial charge in [-0.3, -0.25) is 9.78 Å². The molecule has 0 spiro atoms. The number of carbonyl (C=O) groups excluding carboxylic acids is 1. The fourth-order valence-electron chi connectivity index (χ4n) is 1.94. The minimum Gasteiger partial charge on any atom is -0.478 e. The summed E-state index contributed by atoms with van der Waals surface area (Å²) < 4.78 is 0. The fourth-order valence-corrected chi connectivity index (χ4v) is 2.11. The summed E-state index contributed by atoms with van der Waals surface area (Å²) in [6.07, 6.45) is 2.06. The zero-order valence-electron chi connectivity index (χ0n) is 9.02. The molecule has 90 valence electrons. The molecule has 1 amide bonds. The van der Waals surface area contributed by atoms with Gasteiger partial charge in [-0.2, -0.15) is 0 Å². The first-order valence-electron chi connectivity index (χ1n) is 5.17. The van der Waals surface area contributed by atoms with Crippen molar-refractivity contribution in [2.45, 2.75) is 13.0 Å². The van der Waals surface area contributed by atoms with Crippen molar-refractivity contribution in [3.63, 3.8) is 0 Å². The molecule has 1 aliphatic heterocycles. The molecule has 0 saturated heterocycles. The molecule has 0 saturated carbocycles. The maximum absolute atomic E-state index is 11.5. The second-order valence-corrected chi connectivity index (χ2v) is 4.06. The summed E-state index contributed by atoms with van der Waals surface area (Å²) in [4.78, 5) is 28.3. The summed E-state index contributed by atoms with van der Waals surface area (Å²) in [5.41, 5.74) is 1.58. The van der Waals surface area contributed by atoms with Gasteiger partial charge >= 0.3 is 5.97 Å². The third-order valence-corrected chi connectivity index (χ3v) is 3.04. The Kier molecular flexibility index (Phi) is 3.28. The van der Waals surface area contributed by atoms with E-state index in [0.717, 1.165) is 5.69 Å². The third-order valence-electron chi connectivity index (χ3n) is 2.81. The number of carboxylic acids is 1. The van der Waals surface area contributed by atoms with Gasteiger partial charge in [0.05, 0.1) is 5.56 Å². The van der Waals surface area contributed by atoms with E-state index in [0.29, 0.717) is 18.5 Å². The van der Waals surface area contributed by atoms with Gasteiger partial charge in [0.25, 0.3) is 0 Å². The van der Waals surface area contributed by atoms with Gasteiger partial charge in [-0.15, -0.1) is 11.6 Å². The second-order valence-electron chi connectivity index (χ2n) is 3.79. The van der Waals surface area contributed by atoms with E-state index in [1.54, 1.807) is 4.90 Å². The molecular formula is C11H11ClN2O3. The van der Waals surface area contributed by atoms with Gasteiger partial charge < -0.3 is 10.0 Å². The van der Waals surface area contributed by atoms with Gasteiger partial charge in [-0.05, 0) is 6.07 Å². The predicted octanol–water partition coefficient (Wildman–Crippen LogP) is 0.903. The lowest BCUT2D eigenvalue weighted by Crippen LogP contribution is -2.37. The topological polar surface area (TPSA) is 70.5 Å². The standard InChI is InChI=1S/C11H11ClN2O3/c12-5-10(15)14-4-2-9-8(6-14)7(11(16)17)1-3-13-9/h1,3H,2,4-6H2,(H,16,17). The first-order chi connectivity index (χ1) is 8.13. The minimum absolute atomic E-state index is 0.0853. The van der Waals surface area contributed by atoms with Crippen molar-refractivity contribution in [2.24, 2.45) is 0 Å². The van der Waals surface area contributed by atoms with Crippen molar-refractivity contribution < 1.29 is 14.7 Å². The monoisotopic (exact) mass is 254 g/mol. The van der Waals surface area contributed by atoms with Gasteiger partial charge in [0.2, 0.25) is 5.91 Å². The average molecular weight is 255 g/mol. The van der Waals surface area contributed by atoms with E-state index in [9.17, 15) is 9.59 Å². The molecule has 5 nitrogen and oxygen atoms in total. The first-order valence-corrected chi connectivity index (χ1v) is 5.70. The molecular weight excluding hydrogens is 244 g/mol. The van der Waals surface area contributed by atoms with Crippen LogP contribution in [0.5, 0.6) is 0 Å². The molecule has 0 fully saturated rings. The Hall–Kier alpha value is -1.62. The van der Waals surface area contributed by atoms with Crippen LogP contribution in [0, 0.1) is 0 Å². The SMILES string of the molecule is O=C(O)c1ccnc2c1CN(C(=O)CCl)CC2. The largest absolute Gasteiger partial charge is 0.478 e. The number of carboxylic acid groups (broad SMARTS) is 1. The minimum atomic E-state index is -0.996. The molecule has 0 unspecified atom stereocenters. The highest BCUT2D eigenvalue weighted by molar-refractivity contribution is 6.27. The molecule has 1 aliphatic rings. The van der Waals surface area contributed by atoms with Crippen LogP contribution in [0.2, 0.25) is 0 Å². The number of fused-ring (bicyclic) bond motifs is 1. The van der Waals surface area contributed by atoms with Crippen LogP contribution < -0.4 is 0 Å². The number of aromatic nitrogens is 1. The van der Waals surface area contributed by atoms with Gasteiger partial charge in [0.1, 0.15) is 5.88 Å². The Morgan fingerprint density at radius 1 is 1.53 bits per heavy atom. The quantitative estimate of drug-likeness (QED) is 0.796. The summed E-state index contributed by atoms with van der Waals surface area (Å²) in [6.45, 7) is 0.811. The van der Waals surface area contributed by atoms with Crippen molar-refractivity contribution >= 4 is 23.5 Å². The zero-order chi connectivity index (χ0) is 12.4. The van der Waals surface area contributed by atoms with Crippen LogP contribution in [-0.2, 0) is 17.8 Å². The summed E-state index contributed by atoms with van der Waals surface area (Å²) in [6, 6.07) is 1.45. The number of amides is 1. The highest BCUT2D eigenvalue weighted by Crippen LogP contribution is 2.21. The van der Waals surface area contributed by atoms with Crippen molar-refractivity contribution in [3.8, 4) is 0 Å². The molecule has 2 heterocycles. The molecule has 0 aromatic carbocycles. The molecule has 17 heavy (non-hydrogen) atoms. The van der Waals surface area contributed by atoms with Crippen LogP contribution in [0.15, 0.2) is 12.3 Å². The number of hydrogen-bond donors (Lipinski definition) is 1. The number of alkyl halides is 1. The molecule has 1 aromatic heterocycles. The molecule has 0 aliphatic carbocycles. The van der Waals surface area contributed by atoms with Gasteiger partial charge in [-0.1, -0.05) is 0 Å². The molecule has 0 radical (unpaired) electrons. The summed E-state index contributed by atoms with van der Waals surface area (Å²) in [5, 5.41) is 9.07. The Morgan fingerprint density at radius 2 is 2.29 bits per heavy atom. The second kappa shape index (κ2) is 4.71. The van der Waals surface area contributed by atoms with Crippen LogP contribution in [0.4, 0.5) is 0 Å².